The van der Waals surface area contributed by atoms with Crippen molar-refractivity contribution in [1.82, 2.24) is 24.6 Å². The van der Waals surface area contributed by atoms with Crippen LogP contribution in [-0.2, 0) is 11.8 Å². The summed E-state index contributed by atoms with van der Waals surface area (Å²) in [5, 5.41) is 9.18. The molecule has 1 saturated heterocycles. The number of nitrogens with zero attached hydrogens (tertiary/aromatic N) is 5. The monoisotopic (exact) mass is 333 g/mol. The first-order valence-electron chi connectivity index (χ1n) is 8.40. The van der Waals surface area contributed by atoms with Gasteiger partial charge in [-0.1, -0.05) is 24.3 Å². The third kappa shape index (κ3) is 2.91. The van der Waals surface area contributed by atoms with Crippen molar-refractivity contribution < 1.29 is 4.79 Å². The number of para-hydroxylation sites is 1. The molecule has 1 aliphatic heterocycles. The van der Waals surface area contributed by atoms with Crippen LogP contribution in [0.2, 0.25) is 0 Å². The summed E-state index contributed by atoms with van der Waals surface area (Å²) in [7, 11) is 1.91. The molecule has 1 unspecified atom stereocenters. The summed E-state index contributed by atoms with van der Waals surface area (Å²) in [6, 6.07) is 9.90. The lowest BCUT2D eigenvalue weighted by molar-refractivity contribution is -0.127. The molecule has 0 N–H and O–H groups in total. The van der Waals surface area contributed by atoms with Crippen LogP contribution in [-0.4, -0.2) is 37.1 Å². The van der Waals surface area contributed by atoms with Gasteiger partial charge in [0.2, 0.25) is 5.91 Å². The topological polar surface area (TPSA) is 63.9 Å². The molecule has 0 spiro atoms. The Hall–Kier alpha value is -3.02. The molecular weight excluding hydrogens is 314 g/mol. The van der Waals surface area contributed by atoms with Crippen molar-refractivity contribution in [3.8, 4) is 0 Å². The third-order valence-corrected chi connectivity index (χ3v) is 4.65. The molecule has 1 amide bonds. The number of benzene rings is 1. The van der Waals surface area contributed by atoms with Gasteiger partial charge in [0.05, 0.1) is 11.6 Å². The molecule has 0 radical (unpaired) electrons. The van der Waals surface area contributed by atoms with E-state index >= 15 is 0 Å². The maximum atomic E-state index is 12.7. The van der Waals surface area contributed by atoms with Crippen molar-refractivity contribution in [1.29, 1.82) is 0 Å². The summed E-state index contributed by atoms with van der Waals surface area (Å²) in [5.74, 6) is 0.838. The Bertz CT molecular complexity index is 940. The van der Waals surface area contributed by atoms with E-state index in [1.54, 1.807) is 18.6 Å². The second-order valence-corrected chi connectivity index (χ2v) is 6.25. The number of aromatic nitrogens is 4. The summed E-state index contributed by atoms with van der Waals surface area (Å²) in [5.41, 5.74) is 1.85. The Kier molecular flexibility index (Phi) is 4.01. The van der Waals surface area contributed by atoms with E-state index in [4.69, 9.17) is 0 Å². The van der Waals surface area contributed by atoms with Gasteiger partial charge >= 0.3 is 0 Å². The van der Waals surface area contributed by atoms with Crippen LogP contribution in [0.4, 0.5) is 0 Å². The van der Waals surface area contributed by atoms with Gasteiger partial charge in [0.15, 0.2) is 5.82 Å². The molecular formula is C19H19N5O. The van der Waals surface area contributed by atoms with Crippen molar-refractivity contribution in [3.63, 3.8) is 0 Å². The second kappa shape index (κ2) is 6.47. The van der Waals surface area contributed by atoms with E-state index in [0.717, 1.165) is 41.7 Å². The summed E-state index contributed by atoms with van der Waals surface area (Å²) in [4.78, 5) is 19.0. The lowest BCUT2D eigenvalue weighted by atomic mass is 10.1. The Balaban J connectivity index is 1.59. The molecule has 1 fully saturated rings. The highest BCUT2D eigenvalue weighted by atomic mass is 16.2. The molecule has 1 aromatic carbocycles. The first kappa shape index (κ1) is 15.5. The predicted octanol–water partition coefficient (Wildman–Crippen LogP) is 2.74. The maximum Gasteiger partial charge on any atom is 0.247 e. The fraction of sp³-hybridized carbons (Fsp3) is 0.263. The number of amides is 1. The Morgan fingerprint density at radius 3 is 3.00 bits per heavy atom. The van der Waals surface area contributed by atoms with Crippen LogP contribution in [0.15, 0.2) is 48.9 Å². The highest BCUT2D eigenvalue weighted by Gasteiger charge is 2.31. The van der Waals surface area contributed by atoms with Gasteiger partial charge in [0.1, 0.15) is 6.33 Å². The number of hydrogen-bond acceptors (Lipinski definition) is 4. The van der Waals surface area contributed by atoms with Crippen molar-refractivity contribution in [2.24, 2.45) is 7.05 Å². The Morgan fingerprint density at radius 1 is 1.28 bits per heavy atom. The Morgan fingerprint density at radius 2 is 2.16 bits per heavy atom. The first-order valence-corrected chi connectivity index (χ1v) is 8.40. The maximum absolute atomic E-state index is 12.7. The van der Waals surface area contributed by atoms with E-state index in [-0.39, 0.29) is 11.9 Å². The molecule has 6 heteroatoms. The van der Waals surface area contributed by atoms with E-state index < -0.39 is 0 Å². The van der Waals surface area contributed by atoms with Crippen LogP contribution in [0, 0.1) is 0 Å². The van der Waals surface area contributed by atoms with Crippen LogP contribution in [0.25, 0.3) is 17.0 Å². The predicted molar refractivity (Wildman–Crippen MR) is 95.5 cm³/mol. The van der Waals surface area contributed by atoms with E-state index in [2.05, 4.69) is 15.2 Å². The van der Waals surface area contributed by atoms with Gasteiger partial charge in [-0.25, -0.2) is 0 Å². The molecule has 1 atom stereocenters. The number of hydrogen-bond donors (Lipinski definition) is 0. The van der Waals surface area contributed by atoms with E-state index in [0.29, 0.717) is 0 Å². The van der Waals surface area contributed by atoms with Gasteiger partial charge in [0, 0.05) is 36.8 Å². The zero-order chi connectivity index (χ0) is 17.2. The number of pyridine rings is 1. The van der Waals surface area contributed by atoms with Gasteiger partial charge in [-0.05, 0) is 25.0 Å². The number of rotatable bonds is 3. The fourth-order valence-electron chi connectivity index (χ4n) is 3.41. The lowest BCUT2D eigenvalue weighted by Gasteiger charge is -2.22. The van der Waals surface area contributed by atoms with Gasteiger partial charge in [-0.2, -0.15) is 0 Å². The minimum Gasteiger partial charge on any atom is -0.329 e. The number of likely N-dealkylation sites (tertiary alicyclic amines) is 1. The molecule has 4 rings (SSSR count). The number of fused-ring (bicyclic) bond motifs is 1. The lowest BCUT2D eigenvalue weighted by Crippen LogP contribution is -2.30. The number of carbonyl (C=O) groups excluding carboxylic acids is 1. The van der Waals surface area contributed by atoms with Crippen molar-refractivity contribution in [2.75, 3.05) is 6.54 Å². The second-order valence-electron chi connectivity index (χ2n) is 6.25. The minimum atomic E-state index is -0.00436. The molecule has 0 saturated carbocycles. The number of carbonyl (C=O) groups is 1. The average Bonchev–Trinajstić information content (AvgIpc) is 3.28. The molecule has 1 aliphatic rings. The molecule has 6 nitrogen and oxygen atoms in total. The van der Waals surface area contributed by atoms with Crippen molar-refractivity contribution >= 4 is 22.9 Å². The zero-order valence-corrected chi connectivity index (χ0v) is 14.0. The SMILES string of the molecule is Cn1cnnc1C1CCCN1C(=O)/C=C/c1cccc2cccnc12. The van der Waals surface area contributed by atoms with Crippen LogP contribution in [0.5, 0.6) is 0 Å². The van der Waals surface area contributed by atoms with E-state index in [1.165, 1.54) is 0 Å². The molecule has 25 heavy (non-hydrogen) atoms. The largest absolute Gasteiger partial charge is 0.329 e. The number of aryl methyl sites for hydroxylation is 1. The van der Waals surface area contributed by atoms with Crippen LogP contribution >= 0.6 is 0 Å². The standard InChI is InChI=1S/C19H19N5O/c1-23-13-21-22-19(23)16-8-4-12-24(16)17(25)10-9-15-6-2-5-14-7-3-11-20-18(14)15/h2-3,5-7,9-11,13,16H,4,8,12H2,1H3/b10-9+. The van der Waals surface area contributed by atoms with Gasteiger partial charge in [-0.3, -0.25) is 9.78 Å². The average molecular weight is 333 g/mol. The van der Waals surface area contributed by atoms with Crippen LogP contribution < -0.4 is 0 Å². The quantitative estimate of drug-likeness (QED) is 0.691. The molecule has 3 aromatic rings. The van der Waals surface area contributed by atoms with Crippen LogP contribution in [0.3, 0.4) is 0 Å². The normalized spacial score (nSPS) is 17.6. The smallest absolute Gasteiger partial charge is 0.247 e. The molecule has 126 valence electrons. The molecule has 0 aliphatic carbocycles. The third-order valence-electron chi connectivity index (χ3n) is 4.65. The Labute approximate surface area is 145 Å². The van der Waals surface area contributed by atoms with Gasteiger partial charge < -0.3 is 9.47 Å². The zero-order valence-electron chi connectivity index (χ0n) is 14.0. The summed E-state index contributed by atoms with van der Waals surface area (Å²) in [6.45, 7) is 0.745. The fourth-order valence-corrected chi connectivity index (χ4v) is 3.41. The molecule has 2 aromatic heterocycles. The van der Waals surface area contributed by atoms with Crippen LogP contribution in [0.1, 0.15) is 30.3 Å². The summed E-state index contributed by atoms with van der Waals surface area (Å²) < 4.78 is 1.88. The molecule has 0 bridgehead atoms. The van der Waals surface area contributed by atoms with Crippen molar-refractivity contribution in [3.05, 3.63) is 60.3 Å². The minimum absolute atomic E-state index is 0.00145. The van der Waals surface area contributed by atoms with E-state index in [9.17, 15) is 4.79 Å². The van der Waals surface area contributed by atoms with Gasteiger partial charge in [-0.15, -0.1) is 10.2 Å². The highest BCUT2D eigenvalue weighted by Crippen LogP contribution is 2.30. The summed E-state index contributed by atoms with van der Waals surface area (Å²) in [6.07, 6.45) is 8.83. The summed E-state index contributed by atoms with van der Waals surface area (Å²) >= 11 is 0. The van der Waals surface area contributed by atoms with Crippen molar-refractivity contribution in [2.45, 2.75) is 18.9 Å². The van der Waals surface area contributed by atoms with Gasteiger partial charge in [0.25, 0.3) is 0 Å². The molecule has 3 heterocycles. The first-order chi connectivity index (χ1) is 12.2. The van der Waals surface area contributed by atoms with E-state index in [1.807, 2.05) is 52.9 Å². The highest BCUT2D eigenvalue weighted by molar-refractivity contribution is 5.95.